The lowest BCUT2D eigenvalue weighted by atomic mass is 9.95. The summed E-state index contributed by atoms with van der Waals surface area (Å²) in [6.45, 7) is 3.02. The van der Waals surface area contributed by atoms with Crippen molar-refractivity contribution in [3.63, 3.8) is 0 Å². The molecule has 1 aromatic carbocycles. The van der Waals surface area contributed by atoms with Crippen molar-refractivity contribution in [3.8, 4) is 0 Å². The number of nitrogens with one attached hydrogen (secondary N) is 1. The summed E-state index contributed by atoms with van der Waals surface area (Å²) in [5, 5.41) is 1.26. The van der Waals surface area contributed by atoms with Crippen LogP contribution in [0.1, 0.15) is 29.5 Å². The van der Waals surface area contributed by atoms with E-state index in [0.717, 1.165) is 30.7 Å². The monoisotopic (exact) mass is 301 g/mol. The maximum atomic E-state index is 4.75. The Bertz CT molecular complexity index is 901. The van der Waals surface area contributed by atoms with Crippen LogP contribution < -0.4 is 0 Å². The number of rotatable bonds is 2. The summed E-state index contributed by atoms with van der Waals surface area (Å²) in [6, 6.07) is 10.6. The van der Waals surface area contributed by atoms with Crippen LogP contribution in [0.15, 0.2) is 59.5 Å². The van der Waals surface area contributed by atoms with Crippen LogP contribution in [0.2, 0.25) is 0 Å². The smallest absolute Gasteiger partial charge is 0.0694 e. The molecule has 114 valence electrons. The average molecular weight is 301 g/mol. The van der Waals surface area contributed by atoms with E-state index >= 15 is 0 Å². The molecule has 4 rings (SSSR count). The molecular weight excluding hydrogens is 282 g/mol. The minimum absolute atomic E-state index is 0.897. The molecule has 2 aromatic heterocycles. The van der Waals surface area contributed by atoms with E-state index in [9.17, 15) is 0 Å². The lowest BCUT2D eigenvalue weighted by Crippen LogP contribution is -2.11. The predicted molar refractivity (Wildman–Crippen MR) is 95.9 cm³/mol. The molecule has 3 nitrogen and oxygen atoms in total. The van der Waals surface area contributed by atoms with Gasteiger partial charge in [0.05, 0.1) is 5.71 Å². The van der Waals surface area contributed by atoms with E-state index in [4.69, 9.17) is 4.99 Å². The number of benzene rings is 1. The van der Waals surface area contributed by atoms with Gasteiger partial charge in [-0.15, -0.1) is 0 Å². The summed E-state index contributed by atoms with van der Waals surface area (Å²) in [5.74, 6) is 0. The van der Waals surface area contributed by atoms with Gasteiger partial charge in [0.2, 0.25) is 0 Å². The van der Waals surface area contributed by atoms with Crippen molar-refractivity contribution in [1.82, 2.24) is 9.97 Å². The molecule has 3 heteroatoms. The van der Waals surface area contributed by atoms with Crippen molar-refractivity contribution in [1.29, 1.82) is 0 Å². The van der Waals surface area contributed by atoms with E-state index in [1.54, 1.807) is 6.20 Å². The van der Waals surface area contributed by atoms with Gasteiger partial charge >= 0.3 is 0 Å². The molecule has 0 fully saturated rings. The first-order chi connectivity index (χ1) is 11.3. The van der Waals surface area contributed by atoms with E-state index in [0.29, 0.717) is 0 Å². The third-order valence-corrected chi connectivity index (χ3v) is 4.31. The lowest BCUT2D eigenvalue weighted by Gasteiger charge is -2.16. The van der Waals surface area contributed by atoms with E-state index in [1.165, 1.54) is 27.6 Å². The lowest BCUT2D eigenvalue weighted by molar-refractivity contribution is 0.818. The third kappa shape index (κ3) is 2.70. The number of aromatic nitrogens is 2. The fourth-order valence-electron chi connectivity index (χ4n) is 3.17. The molecule has 1 N–H and O–H groups in total. The number of aromatic amines is 1. The highest BCUT2D eigenvalue weighted by atomic mass is 14.8. The molecule has 1 aliphatic rings. The van der Waals surface area contributed by atoms with Gasteiger partial charge in [-0.3, -0.25) is 9.98 Å². The summed E-state index contributed by atoms with van der Waals surface area (Å²) >= 11 is 0. The highest BCUT2D eigenvalue weighted by Crippen LogP contribution is 2.26. The van der Waals surface area contributed by atoms with Gasteiger partial charge in [0, 0.05) is 47.2 Å². The zero-order chi connectivity index (χ0) is 15.6. The van der Waals surface area contributed by atoms with Crippen LogP contribution in [0.3, 0.4) is 0 Å². The van der Waals surface area contributed by atoms with Crippen molar-refractivity contribution in [2.75, 3.05) is 6.54 Å². The fraction of sp³-hybridized carbons (Fsp3) is 0.200. The number of fused-ring (bicyclic) bond motifs is 1. The van der Waals surface area contributed by atoms with Gasteiger partial charge in [-0.25, -0.2) is 0 Å². The van der Waals surface area contributed by atoms with Gasteiger partial charge in [0.15, 0.2) is 0 Å². The Labute approximate surface area is 135 Å². The molecule has 23 heavy (non-hydrogen) atoms. The number of allylic oxidation sites excluding steroid dienone is 1. The van der Waals surface area contributed by atoms with Gasteiger partial charge < -0.3 is 4.98 Å². The molecule has 0 bridgehead atoms. The minimum atomic E-state index is 0.897. The zero-order valence-corrected chi connectivity index (χ0v) is 13.2. The highest BCUT2D eigenvalue weighted by Gasteiger charge is 2.15. The maximum absolute atomic E-state index is 4.75. The van der Waals surface area contributed by atoms with Crippen molar-refractivity contribution >= 4 is 22.7 Å². The van der Waals surface area contributed by atoms with Crippen LogP contribution in [-0.4, -0.2) is 22.2 Å². The summed E-state index contributed by atoms with van der Waals surface area (Å²) in [5.41, 5.74) is 7.18. The maximum Gasteiger partial charge on any atom is 0.0694 e. The summed E-state index contributed by atoms with van der Waals surface area (Å²) in [6.07, 6.45) is 10.2. The first kappa shape index (κ1) is 13.9. The van der Waals surface area contributed by atoms with Crippen LogP contribution >= 0.6 is 0 Å². The van der Waals surface area contributed by atoms with E-state index in [1.807, 2.05) is 12.3 Å². The SMILES string of the molecule is Cc1ccc2c(C=C3CCCN=C3c3cccnc3)c[nH]c2c1. The van der Waals surface area contributed by atoms with Crippen LogP contribution in [0, 0.1) is 6.92 Å². The van der Waals surface area contributed by atoms with Crippen molar-refractivity contribution in [2.24, 2.45) is 4.99 Å². The van der Waals surface area contributed by atoms with E-state index < -0.39 is 0 Å². The van der Waals surface area contributed by atoms with Crippen molar-refractivity contribution < 1.29 is 0 Å². The molecule has 0 saturated heterocycles. The second-order valence-corrected chi connectivity index (χ2v) is 6.04. The number of aryl methyl sites for hydroxylation is 1. The van der Waals surface area contributed by atoms with Gasteiger partial charge in [0.25, 0.3) is 0 Å². The Morgan fingerprint density at radius 2 is 2.17 bits per heavy atom. The zero-order valence-electron chi connectivity index (χ0n) is 13.2. The van der Waals surface area contributed by atoms with E-state index in [2.05, 4.69) is 53.4 Å². The number of hydrogen-bond donors (Lipinski definition) is 1. The van der Waals surface area contributed by atoms with Gasteiger partial charge in [-0.2, -0.15) is 0 Å². The first-order valence-corrected chi connectivity index (χ1v) is 8.05. The molecule has 0 atom stereocenters. The number of pyridine rings is 1. The molecule has 0 radical (unpaired) electrons. The topological polar surface area (TPSA) is 41.0 Å². The fourth-order valence-corrected chi connectivity index (χ4v) is 3.17. The van der Waals surface area contributed by atoms with Crippen LogP contribution in [-0.2, 0) is 0 Å². The molecule has 1 aliphatic heterocycles. The summed E-state index contributed by atoms with van der Waals surface area (Å²) < 4.78 is 0. The third-order valence-electron chi connectivity index (χ3n) is 4.31. The average Bonchev–Trinajstić information content (AvgIpc) is 2.98. The summed E-state index contributed by atoms with van der Waals surface area (Å²) in [4.78, 5) is 12.4. The molecule has 3 aromatic rings. The largest absolute Gasteiger partial charge is 0.361 e. The first-order valence-electron chi connectivity index (χ1n) is 8.05. The molecule has 0 unspecified atom stereocenters. The standard InChI is InChI=1S/C20H19N3/c1-14-6-7-18-17(13-23-19(18)10-14)11-15-4-3-9-22-20(15)16-5-2-8-21-12-16/h2,5-8,10-13,23H,3-4,9H2,1H3. The number of hydrogen-bond acceptors (Lipinski definition) is 2. The van der Waals surface area contributed by atoms with Crippen LogP contribution in [0.5, 0.6) is 0 Å². The molecule has 0 saturated carbocycles. The molecular formula is C20H19N3. The number of aliphatic imine (C=N–C) groups is 1. The van der Waals surface area contributed by atoms with Crippen LogP contribution in [0.4, 0.5) is 0 Å². The highest BCUT2D eigenvalue weighted by molar-refractivity contribution is 6.15. The van der Waals surface area contributed by atoms with Crippen LogP contribution in [0.25, 0.3) is 17.0 Å². The molecule has 3 heterocycles. The van der Waals surface area contributed by atoms with Gasteiger partial charge in [-0.1, -0.05) is 12.1 Å². The Morgan fingerprint density at radius 1 is 1.22 bits per heavy atom. The Hall–Kier alpha value is -2.68. The molecule has 0 amide bonds. The minimum Gasteiger partial charge on any atom is -0.361 e. The molecule has 0 aliphatic carbocycles. The number of H-pyrrole nitrogens is 1. The van der Waals surface area contributed by atoms with Crippen molar-refractivity contribution in [2.45, 2.75) is 19.8 Å². The van der Waals surface area contributed by atoms with Crippen molar-refractivity contribution in [3.05, 3.63) is 71.2 Å². The second kappa shape index (κ2) is 5.84. The number of nitrogens with zero attached hydrogens (tertiary/aromatic N) is 2. The quantitative estimate of drug-likeness (QED) is 0.742. The normalized spacial score (nSPS) is 16.7. The Morgan fingerprint density at radius 3 is 3.04 bits per heavy atom. The summed E-state index contributed by atoms with van der Waals surface area (Å²) in [7, 11) is 0. The Kier molecular flexibility index (Phi) is 3.54. The molecule has 0 spiro atoms. The van der Waals surface area contributed by atoms with Gasteiger partial charge in [-0.05, 0) is 55.2 Å². The second-order valence-electron chi connectivity index (χ2n) is 6.04. The Balaban J connectivity index is 1.79. The van der Waals surface area contributed by atoms with Gasteiger partial charge in [0.1, 0.15) is 0 Å². The van der Waals surface area contributed by atoms with E-state index in [-0.39, 0.29) is 0 Å². The predicted octanol–water partition coefficient (Wildman–Crippen LogP) is 4.54.